The first-order valence-corrected chi connectivity index (χ1v) is 10.5. The van der Waals surface area contributed by atoms with E-state index in [0.29, 0.717) is 22.1 Å². The Morgan fingerprint density at radius 1 is 0.839 bits per heavy atom. The minimum Gasteiger partial charge on any atom is -0.325 e. The number of rotatable bonds is 7. The Hall–Kier alpha value is -3.91. The van der Waals surface area contributed by atoms with Gasteiger partial charge in [-0.05, 0) is 36.4 Å². The van der Waals surface area contributed by atoms with Crippen LogP contribution in [0.15, 0.2) is 96.4 Å². The molecular weight excluding hydrogens is 410 g/mol. The topological polar surface area (TPSA) is 88.9 Å². The van der Waals surface area contributed by atoms with Crippen molar-refractivity contribution in [1.82, 2.24) is 14.8 Å². The Morgan fingerprint density at radius 2 is 1.52 bits per heavy atom. The molecule has 0 aliphatic heterocycles. The summed E-state index contributed by atoms with van der Waals surface area (Å²) in [5.41, 5.74) is 2.41. The minimum atomic E-state index is -0.293. The highest BCUT2D eigenvalue weighted by atomic mass is 32.2. The molecule has 1 aromatic heterocycles. The average molecular weight is 430 g/mol. The fourth-order valence-electron chi connectivity index (χ4n) is 2.85. The van der Waals surface area contributed by atoms with Gasteiger partial charge in [0.15, 0.2) is 0 Å². The lowest BCUT2D eigenvalue weighted by molar-refractivity contribution is -0.113. The van der Waals surface area contributed by atoms with Crippen molar-refractivity contribution in [3.05, 3.63) is 96.8 Å². The Bertz CT molecular complexity index is 1180. The summed E-state index contributed by atoms with van der Waals surface area (Å²) in [5.74, 6) is -0.424. The number of aromatic nitrogens is 3. The summed E-state index contributed by atoms with van der Waals surface area (Å²) >= 11 is 1.22. The van der Waals surface area contributed by atoms with E-state index in [0.717, 1.165) is 5.69 Å². The van der Waals surface area contributed by atoms with Crippen molar-refractivity contribution in [2.75, 3.05) is 16.4 Å². The molecule has 8 heteroatoms. The van der Waals surface area contributed by atoms with Gasteiger partial charge in [-0.1, -0.05) is 60.3 Å². The predicted molar refractivity (Wildman–Crippen MR) is 122 cm³/mol. The number of nitrogens with one attached hydrogen (secondary N) is 2. The number of carbonyl (C=O) groups is 2. The third kappa shape index (κ3) is 5.37. The second-order valence-electron chi connectivity index (χ2n) is 6.51. The maximum Gasteiger partial charge on any atom is 0.257 e. The van der Waals surface area contributed by atoms with E-state index < -0.39 is 0 Å². The summed E-state index contributed by atoms with van der Waals surface area (Å²) in [5, 5.41) is 10.5. The maximum atomic E-state index is 12.6. The molecule has 1 heterocycles. The summed E-state index contributed by atoms with van der Waals surface area (Å²) in [6.45, 7) is 0. The number of hydrogen-bond acceptors (Lipinski definition) is 5. The summed E-state index contributed by atoms with van der Waals surface area (Å²) in [4.78, 5) is 29.3. The number of hydrogen-bond donors (Lipinski definition) is 2. The second-order valence-corrected chi connectivity index (χ2v) is 7.45. The van der Waals surface area contributed by atoms with Gasteiger partial charge in [0.05, 0.1) is 22.7 Å². The lowest BCUT2D eigenvalue weighted by Crippen LogP contribution is -2.19. The zero-order chi connectivity index (χ0) is 21.5. The molecule has 0 aliphatic rings. The number of anilines is 2. The Kier molecular flexibility index (Phi) is 6.39. The smallest absolute Gasteiger partial charge is 0.257 e. The largest absolute Gasteiger partial charge is 0.325 e. The zero-order valence-electron chi connectivity index (χ0n) is 16.4. The van der Waals surface area contributed by atoms with Crippen molar-refractivity contribution in [3.8, 4) is 5.69 Å². The van der Waals surface area contributed by atoms with Crippen LogP contribution in [0.2, 0.25) is 0 Å². The highest BCUT2D eigenvalue weighted by Gasteiger charge is 2.14. The first-order chi connectivity index (χ1) is 15.2. The molecule has 3 aromatic carbocycles. The summed E-state index contributed by atoms with van der Waals surface area (Å²) in [6.07, 6.45) is 1.61. The Morgan fingerprint density at radius 3 is 2.29 bits per heavy atom. The van der Waals surface area contributed by atoms with Crippen LogP contribution in [0.5, 0.6) is 0 Å². The van der Waals surface area contributed by atoms with Crippen LogP contribution in [0.25, 0.3) is 5.69 Å². The number of carbonyl (C=O) groups excluding carboxylic acids is 2. The third-order valence-corrected chi connectivity index (χ3v) is 5.15. The summed E-state index contributed by atoms with van der Waals surface area (Å²) in [6, 6.07) is 25.7. The first kappa shape index (κ1) is 20.4. The van der Waals surface area contributed by atoms with Crippen LogP contribution in [-0.4, -0.2) is 32.3 Å². The number of nitrogens with zero attached hydrogens (tertiary/aromatic N) is 3. The number of para-hydroxylation sites is 3. The first-order valence-electron chi connectivity index (χ1n) is 9.54. The quantitative estimate of drug-likeness (QED) is 0.429. The molecule has 0 radical (unpaired) electrons. The molecular formula is C23H19N5O2S. The third-order valence-electron chi connectivity index (χ3n) is 4.30. The van der Waals surface area contributed by atoms with E-state index in [-0.39, 0.29) is 17.6 Å². The lowest BCUT2D eigenvalue weighted by Gasteiger charge is -2.11. The summed E-state index contributed by atoms with van der Waals surface area (Å²) in [7, 11) is 0. The van der Waals surface area contributed by atoms with Crippen LogP contribution in [0, 0.1) is 0 Å². The van der Waals surface area contributed by atoms with Gasteiger partial charge in [0, 0.05) is 5.69 Å². The number of thioether (sulfide) groups is 1. The number of benzene rings is 3. The van der Waals surface area contributed by atoms with E-state index in [4.69, 9.17) is 0 Å². The molecule has 2 amide bonds. The normalized spacial score (nSPS) is 10.5. The predicted octanol–water partition coefficient (Wildman–Crippen LogP) is 4.25. The Balaban J connectivity index is 1.37. The fraction of sp³-hybridized carbons (Fsp3) is 0.0435. The van der Waals surface area contributed by atoms with Gasteiger partial charge >= 0.3 is 0 Å². The van der Waals surface area contributed by atoms with Crippen LogP contribution < -0.4 is 10.6 Å². The van der Waals surface area contributed by atoms with Crippen LogP contribution in [0.4, 0.5) is 11.4 Å². The van der Waals surface area contributed by atoms with Crippen molar-refractivity contribution in [2.45, 2.75) is 5.16 Å². The van der Waals surface area contributed by atoms with E-state index in [9.17, 15) is 9.59 Å². The lowest BCUT2D eigenvalue weighted by atomic mass is 10.1. The highest BCUT2D eigenvalue weighted by Crippen LogP contribution is 2.19. The van der Waals surface area contributed by atoms with Gasteiger partial charge < -0.3 is 10.6 Å². The van der Waals surface area contributed by atoms with Gasteiger partial charge in [-0.3, -0.25) is 9.59 Å². The van der Waals surface area contributed by atoms with Crippen LogP contribution in [0.1, 0.15) is 10.4 Å². The molecule has 0 aliphatic carbocycles. The van der Waals surface area contributed by atoms with Gasteiger partial charge in [-0.25, -0.2) is 9.67 Å². The van der Waals surface area contributed by atoms with Gasteiger partial charge in [0.1, 0.15) is 6.33 Å². The molecule has 0 fully saturated rings. The molecule has 31 heavy (non-hydrogen) atoms. The van der Waals surface area contributed by atoms with E-state index in [1.807, 2.05) is 48.5 Å². The van der Waals surface area contributed by atoms with Crippen molar-refractivity contribution >= 4 is 35.0 Å². The molecule has 2 N–H and O–H groups in total. The molecule has 7 nitrogen and oxygen atoms in total. The summed E-state index contributed by atoms with van der Waals surface area (Å²) < 4.78 is 1.66. The standard InChI is InChI=1S/C23H19N5O2S/c29-21(15-31-23-24-16-28(27-23)18-11-5-2-6-12-18)26-20-14-8-7-13-19(20)22(30)25-17-9-3-1-4-10-17/h1-14,16H,15H2,(H,25,30)(H,26,29). The van der Waals surface area contributed by atoms with Crippen molar-refractivity contribution in [2.24, 2.45) is 0 Å². The monoisotopic (exact) mass is 429 g/mol. The molecule has 0 bridgehead atoms. The van der Waals surface area contributed by atoms with Crippen molar-refractivity contribution in [3.63, 3.8) is 0 Å². The van der Waals surface area contributed by atoms with E-state index in [2.05, 4.69) is 20.7 Å². The molecule has 4 aromatic rings. The second kappa shape index (κ2) is 9.73. The molecule has 0 atom stereocenters. The SMILES string of the molecule is O=C(CSc1ncn(-c2ccccc2)n1)Nc1ccccc1C(=O)Nc1ccccc1. The van der Waals surface area contributed by atoms with Crippen LogP contribution in [0.3, 0.4) is 0 Å². The maximum absolute atomic E-state index is 12.6. The zero-order valence-corrected chi connectivity index (χ0v) is 17.3. The number of amides is 2. The van der Waals surface area contributed by atoms with Gasteiger partial charge in [-0.2, -0.15) is 0 Å². The minimum absolute atomic E-state index is 0.118. The van der Waals surface area contributed by atoms with Crippen molar-refractivity contribution < 1.29 is 9.59 Å². The molecule has 0 saturated heterocycles. The molecule has 0 unspecified atom stereocenters. The Labute approximate surface area is 183 Å². The van der Waals surface area contributed by atoms with E-state index in [1.165, 1.54) is 11.8 Å². The van der Waals surface area contributed by atoms with Gasteiger partial charge in [0.2, 0.25) is 11.1 Å². The van der Waals surface area contributed by atoms with Crippen LogP contribution in [-0.2, 0) is 4.79 Å². The van der Waals surface area contributed by atoms with E-state index >= 15 is 0 Å². The average Bonchev–Trinajstić information content (AvgIpc) is 3.28. The van der Waals surface area contributed by atoms with Gasteiger partial charge in [0.25, 0.3) is 5.91 Å². The molecule has 0 saturated carbocycles. The molecule has 0 spiro atoms. The molecule has 4 rings (SSSR count). The van der Waals surface area contributed by atoms with E-state index in [1.54, 1.807) is 47.4 Å². The van der Waals surface area contributed by atoms with Crippen molar-refractivity contribution in [1.29, 1.82) is 0 Å². The highest BCUT2D eigenvalue weighted by molar-refractivity contribution is 7.99. The fourth-order valence-corrected chi connectivity index (χ4v) is 3.45. The van der Waals surface area contributed by atoms with Crippen LogP contribution >= 0.6 is 11.8 Å². The van der Waals surface area contributed by atoms with Gasteiger partial charge in [-0.15, -0.1) is 5.10 Å². The molecule has 154 valence electrons.